The van der Waals surface area contributed by atoms with Crippen LogP contribution in [0.2, 0.25) is 0 Å². The smallest absolute Gasteiger partial charge is 0.264 e. The van der Waals surface area contributed by atoms with Crippen molar-refractivity contribution in [2.75, 3.05) is 10.8 Å². The molecule has 0 fully saturated rings. The molecule has 0 bridgehead atoms. The van der Waals surface area contributed by atoms with Crippen molar-refractivity contribution in [3.05, 3.63) is 59.2 Å². The molecular weight excluding hydrogens is 310 g/mol. The fraction of sp³-hybridized carbons (Fsp3) is 0.333. The van der Waals surface area contributed by atoms with Gasteiger partial charge in [-0.3, -0.25) is 4.31 Å². The zero-order chi connectivity index (χ0) is 16.8. The van der Waals surface area contributed by atoms with Crippen LogP contribution in [-0.2, 0) is 15.6 Å². The van der Waals surface area contributed by atoms with Crippen molar-refractivity contribution in [3.8, 4) is 0 Å². The molecule has 1 N–H and O–H groups in total. The van der Waals surface area contributed by atoms with Gasteiger partial charge in [0.05, 0.1) is 16.2 Å². The molecule has 4 nitrogen and oxygen atoms in total. The molecule has 0 saturated heterocycles. The maximum absolute atomic E-state index is 13.1. The molecule has 1 heterocycles. The summed E-state index contributed by atoms with van der Waals surface area (Å²) in [5.41, 5.74) is 2.21. The molecule has 1 aliphatic rings. The number of anilines is 1. The number of para-hydroxylation sites is 1. The average molecular weight is 331 g/mol. The monoisotopic (exact) mass is 331 g/mol. The van der Waals surface area contributed by atoms with E-state index in [9.17, 15) is 13.5 Å². The molecule has 0 aromatic heterocycles. The highest BCUT2D eigenvalue weighted by atomic mass is 32.2. The van der Waals surface area contributed by atoms with Gasteiger partial charge in [0.25, 0.3) is 10.0 Å². The van der Waals surface area contributed by atoms with Crippen molar-refractivity contribution in [2.45, 2.75) is 37.7 Å². The second-order valence-electron chi connectivity index (χ2n) is 6.36. The van der Waals surface area contributed by atoms with Gasteiger partial charge in [0.1, 0.15) is 0 Å². The highest BCUT2D eigenvalue weighted by Crippen LogP contribution is 2.40. The number of aliphatic hydroxyl groups is 1. The fourth-order valence-corrected chi connectivity index (χ4v) is 4.54. The molecule has 1 aliphatic heterocycles. The van der Waals surface area contributed by atoms with Gasteiger partial charge in [0.2, 0.25) is 0 Å². The van der Waals surface area contributed by atoms with Crippen LogP contribution in [-0.4, -0.2) is 20.1 Å². The molecule has 0 aliphatic carbocycles. The lowest BCUT2D eigenvalue weighted by atomic mass is 9.88. The Morgan fingerprint density at radius 2 is 1.78 bits per heavy atom. The summed E-state index contributed by atoms with van der Waals surface area (Å²) >= 11 is 0. The number of hydrogen-bond donors (Lipinski definition) is 1. The normalized spacial score (nSPS) is 21.1. The zero-order valence-electron chi connectivity index (χ0n) is 13.6. The van der Waals surface area contributed by atoms with Crippen molar-refractivity contribution in [2.24, 2.45) is 0 Å². The van der Waals surface area contributed by atoms with E-state index in [1.165, 1.54) is 4.31 Å². The summed E-state index contributed by atoms with van der Waals surface area (Å²) in [5, 5.41) is 10.5. The summed E-state index contributed by atoms with van der Waals surface area (Å²) in [6.07, 6.45) is 0.369. The Hall–Kier alpha value is -1.85. The number of hydrogen-bond acceptors (Lipinski definition) is 3. The molecule has 3 rings (SSSR count). The number of fused-ring (bicyclic) bond motifs is 1. The first-order chi connectivity index (χ1) is 10.7. The standard InChI is InChI=1S/C18H21NO3S/c1-13-8-9-15(12-14(13)2)23(21,22)19-11-10-18(3,20)16-6-4-5-7-17(16)19/h4-9,12,20H,10-11H2,1-3H3. The van der Waals surface area contributed by atoms with Gasteiger partial charge in [-0.1, -0.05) is 24.3 Å². The van der Waals surface area contributed by atoms with E-state index in [1.807, 2.05) is 26.0 Å². The Morgan fingerprint density at radius 1 is 1.09 bits per heavy atom. The van der Waals surface area contributed by atoms with E-state index in [1.54, 1.807) is 37.3 Å². The summed E-state index contributed by atoms with van der Waals surface area (Å²) in [7, 11) is -3.64. The van der Waals surface area contributed by atoms with Crippen LogP contribution in [0.1, 0.15) is 30.0 Å². The van der Waals surface area contributed by atoms with Gasteiger partial charge in [-0.15, -0.1) is 0 Å². The minimum atomic E-state index is -3.64. The zero-order valence-corrected chi connectivity index (χ0v) is 14.4. The van der Waals surface area contributed by atoms with Gasteiger partial charge in [-0.2, -0.15) is 0 Å². The largest absolute Gasteiger partial charge is 0.385 e. The van der Waals surface area contributed by atoms with E-state index >= 15 is 0 Å². The van der Waals surface area contributed by atoms with Gasteiger partial charge in [0, 0.05) is 12.1 Å². The number of benzene rings is 2. The molecule has 1 unspecified atom stereocenters. The van der Waals surface area contributed by atoms with Gasteiger partial charge in [0.15, 0.2) is 0 Å². The second kappa shape index (κ2) is 5.35. The van der Waals surface area contributed by atoms with E-state index < -0.39 is 15.6 Å². The molecule has 0 radical (unpaired) electrons. The Bertz CT molecular complexity index is 856. The first kappa shape index (κ1) is 16.0. The topological polar surface area (TPSA) is 57.6 Å². The van der Waals surface area contributed by atoms with Crippen molar-refractivity contribution in [3.63, 3.8) is 0 Å². The molecular formula is C18H21NO3S. The van der Waals surface area contributed by atoms with Crippen LogP contribution in [0.4, 0.5) is 5.69 Å². The lowest BCUT2D eigenvalue weighted by Gasteiger charge is -2.38. The van der Waals surface area contributed by atoms with Crippen LogP contribution in [0.3, 0.4) is 0 Å². The first-order valence-electron chi connectivity index (χ1n) is 7.65. The highest BCUT2D eigenvalue weighted by molar-refractivity contribution is 7.92. The van der Waals surface area contributed by atoms with Gasteiger partial charge >= 0.3 is 0 Å². The summed E-state index contributed by atoms with van der Waals surface area (Å²) in [5.74, 6) is 0. The molecule has 23 heavy (non-hydrogen) atoms. The number of aryl methyl sites for hydroxylation is 2. The summed E-state index contributed by atoms with van der Waals surface area (Å²) in [4.78, 5) is 0.289. The van der Waals surface area contributed by atoms with Crippen molar-refractivity contribution in [1.82, 2.24) is 0 Å². The Balaban J connectivity index is 2.13. The van der Waals surface area contributed by atoms with E-state index in [4.69, 9.17) is 0 Å². The third kappa shape index (κ3) is 2.64. The SMILES string of the molecule is Cc1ccc(S(=O)(=O)N2CCC(C)(O)c3ccccc32)cc1C. The average Bonchev–Trinajstić information content (AvgIpc) is 2.50. The lowest BCUT2D eigenvalue weighted by Crippen LogP contribution is -2.42. The molecule has 1 atom stereocenters. The second-order valence-corrected chi connectivity index (χ2v) is 8.23. The van der Waals surface area contributed by atoms with Crippen LogP contribution < -0.4 is 4.31 Å². The first-order valence-corrected chi connectivity index (χ1v) is 9.09. The predicted octanol–water partition coefficient (Wildman–Crippen LogP) is 3.11. The van der Waals surface area contributed by atoms with E-state index in [0.717, 1.165) is 11.1 Å². The maximum Gasteiger partial charge on any atom is 0.264 e. The molecule has 2 aromatic carbocycles. The van der Waals surface area contributed by atoms with E-state index in [-0.39, 0.29) is 11.4 Å². The van der Waals surface area contributed by atoms with Crippen LogP contribution in [0, 0.1) is 13.8 Å². The Morgan fingerprint density at radius 3 is 2.48 bits per heavy atom. The van der Waals surface area contributed by atoms with Crippen molar-refractivity contribution < 1.29 is 13.5 Å². The van der Waals surface area contributed by atoms with Gasteiger partial charge < -0.3 is 5.11 Å². The quantitative estimate of drug-likeness (QED) is 0.920. The van der Waals surface area contributed by atoms with Crippen molar-refractivity contribution in [1.29, 1.82) is 0 Å². The van der Waals surface area contributed by atoms with Crippen LogP contribution in [0.5, 0.6) is 0 Å². The van der Waals surface area contributed by atoms with E-state index in [2.05, 4.69) is 0 Å². The fourth-order valence-electron chi connectivity index (χ4n) is 2.97. The van der Waals surface area contributed by atoms with Crippen molar-refractivity contribution >= 4 is 15.7 Å². The van der Waals surface area contributed by atoms with Crippen LogP contribution in [0.25, 0.3) is 0 Å². The minimum absolute atomic E-state index is 0.263. The Labute approximate surface area is 137 Å². The molecule has 0 saturated carbocycles. The lowest BCUT2D eigenvalue weighted by molar-refractivity contribution is 0.0472. The summed E-state index contributed by atoms with van der Waals surface area (Å²) < 4.78 is 27.5. The number of sulfonamides is 1. The summed E-state index contributed by atoms with van der Waals surface area (Å²) in [6.45, 7) is 5.85. The minimum Gasteiger partial charge on any atom is -0.385 e. The summed E-state index contributed by atoms with van der Waals surface area (Å²) in [6, 6.07) is 12.3. The molecule has 2 aromatic rings. The van der Waals surface area contributed by atoms with E-state index in [0.29, 0.717) is 17.7 Å². The molecule has 5 heteroatoms. The molecule has 122 valence electrons. The third-order valence-corrected chi connectivity index (χ3v) is 6.43. The predicted molar refractivity (Wildman–Crippen MR) is 91.1 cm³/mol. The van der Waals surface area contributed by atoms with Crippen LogP contribution >= 0.6 is 0 Å². The molecule has 0 spiro atoms. The Kier molecular flexibility index (Phi) is 3.73. The molecule has 0 amide bonds. The van der Waals surface area contributed by atoms with Gasteiger partial charge in [-0.25, -0.2) is 8.42 Å². The highest BCUT2D eigenvalue weighted by Gasteiger charge is 2.38. The third-order valence-electron chi connectivity index (χ3n) is 4.62. The van der Waals surface area contributed by atoms with Gasteiger partial charge in [-0.05, 0) is 56.5 Å². The number of rotatable bonds is 2. The maximum atomic E-state index is 13.1. The van der Waals surface area contributed by atoms with Crippen LogP contribution in [0.15, 0.2) is 47.4 Å². The number of nitrogens with zero attached hydrogens (tertiary/aromatic N) is 1.